The molecule has 1 heterocycles. The van der Waals surface area contributed by atoms with Gasteiger partial charge in [-0.05, 0) is 48.9 Å². The van der Waals surface area contributed by atoms with Crippen molar-refractivity contribution in [3.63, 3.8) is 0 Å². The summed E-state index contributed by atoms with van der Waals surface area (Å²) in [6.45, 7) is 2.74. The molecule has 0 bridgehead atoms. The lowest BCUT2D eigenvalue weighted by molar-refractivity contribution is -0.140. The number of aliphatic hydroxyl groups excluding tert-OH is 1. The summed E-state index contributed by atoms with van der Waals surface area (Å²) in [7, 11) is 4.57. The largest absolute Gasteiger partial charge is 0.507 e. The lowest BCUT2D eigenvalue weighted by Crippen LogP contribution is -2.32. The smallest absolute Gasteiger partial charge is 0.295 e. The molecule has 1 saturated heterocycles. The van der Waals surface area contributed by atoms with E-state index in [1.807, 2.05) is 6.92 Å². The van der Waals surface area contributed by atoms with Crippen molar-refractivity contribution < 1.29 is 33.6 Å². The van der Waals surface area contributed by atoms with E-state index < -0.39 is 17.7 Å². The molecule has 1 aliphatic rings. The number of hydrogen-bond acceptors (Lipinski definition) is 7. The number of methoxy groups -OCH3 is 3. The molecular weight excluding hydrogens is 414 g/mol. The molecule has 2 aromatic rings. The topological polar surface area (TPSA) is 94.5 Å². The Bertz CT molecular complexity index is 1010. The summed E-state index contributed by atoms with van der Waals surface area (Å²) < 4.78 is 21.3. The molecule has 170 valence electrons. The Morgan fingerprint density at radius 1 is 1.00 bits per heavy atom. The Balaban J connectivity index is 2.15. The number of nitrogens with zero attached hydrogens (tertiary/aromatic N) is 1. The number of ether oxygens (including phenoxy) is 4. The molecule has 8 heteroatoms. The highest BCUT2D eigenvalue weighted by molar-refractivity contribution is 6.46. The van der Waals surface area contributed by atoms with Gasteiger partial charge in [0.05, 0.1) is 39.0 Å². The predicted molar refractivity (Wildman–Crippen MR) is 118 cm³/mol. The van der Waals surface area contributed by atoms with Crippen LogP contribution in [0.4, 0.5) is 0 Å². The Morgan fingerprint density at radius 2 is 1.72 bits per heavy atom. The third kappa shape index (κ3) is 4.40. The molecule has 1 fully saturated rings. The van der Waals surface area contributed by atoms with Crippen molar-refractivity contribution in [1.29, 1.82) is 0 Å². The summed E-state index contributed by atoms with van der Waals surface area (Å²) in [6, 6.07) is 11.0. The number of aliphatic hydroxyl groups is 1. The maximum Gasteiger partial charge on any atom is 0.295 e. The Kier molecular flexibility index (Phi) is 7.37. The standard InChI is InChI=1S/C24H27NO7/c1-5-32-18-11-8-16(14-19(18)31-4)21-20(23(27)24(28)25(21)12-13-29-2)22(26)15-6-9-17(30-3)10-7-15/h6-11,14,21,26H,5,12-13H2,1-4H3/b22-20-. The molecule has 1 N–H and O–H groups in total. The zero-order valence-electron chi connectivity index (χ0n) is 18.6. The monoisotopic (exact) mass is 441 g/mol. The van der Waals surface area contributed by atoms with E-state index in [1.54, 1.807) is 42.5 Å². The van der Waals surface area contributed by atoms with Gasteiger partial charge in [-0.3, -0.25) is 9.59 Å². The van der Waals surface area contributed by atoms with Gasteiger partial charge in [0, 0.05) is 19.2 Å². The van der Waals surface area contributed by atoms with Gasteiger partial charge in [-0.2, -0.15) is 0 Å². The van der Waals surface area contributed by atoms with E-state index in [-0.39, 0.29) is 24.5 Å². The highest BCUT2D eigenvalue weighted by Gasteiger charge is 2.46. The van der Waals surface area contributed by atoms with E-state index in [2.05, 4.69) is 0 Å². The first-order chi connectivity index (χ1) is 15.5. The zero-order valence-corrected chi connectivity index (χ0v) is 18.6. The van der Waals surface area contributed by atoms with Gasteiger partial charge in [0.1, 0.15) is 11.5 Å². The van der Waals surface area contributed by atoms with Crippen LogP contribution in [0.1, 0.15) is 24.1 Å². The van der Waals surface area contributed by atoms with Crippen molar-refractivity contribution in [2.45, 2.75) is 13.0 Å². The molecule has 1 aliphatic heterocycles. The minimum absolute atomic E-state index is 0.00230. The zero-order chi connectivity index (χ0) is 23.3. The molecule has 0 aliphatic carbocycles. The van der Waals surface area contributed by atoms with Crippen molar-refractivity contribution in [2.24, 2.45) is 0 Å². The fourth-order valence-electron chi connectivity index (χ4n) is 3.68. The number of likely N-dealkylation sites (tertiary alicyclic amines) is 1. The van der Waals surface area contributed by atoms with Crippen LogP contribution in [0, 0.1) is 0 Å². The van der Waals surface area contributed by atoms with Gasteiger partial charge >= 0.3 is 0 Å². The average Bonchev–Trinajstić information content (AvgIpc) is 3.07. The van der Waals surface area contributed by atoms with Crippen molar-refractivity contribution >= 4 is 17.4 Å². The van der Waals surface area contributed by atoms with Crippen LogP contribution >= 0.6 is 0 Å². The average molecular weight is 441 g/mol. The van der Waals surface area contributed by atoms with Gasteiger partial charge in [-0.25, -0.2) is 0 Å². The minimum Gasteiger partial charge on any atom is -0.507 e. The molecule has 32 heavy (non-hydrogen) atoms. The first-order valence-electron chi connectivity index (χ1n) is 10.2. The molecule has 0 radical (unpaired) electrons. The van der Waals surface area contributed by atoms with Crippen LogP contribution in [0.3, 0.4) is 0 Å². The molecule has 1 atom stereocenters. The Hall–Kier alpha value is -3.52. The number of carbonyl (C=O) groups excluding carboxylic acids is 2. The summed E-state index contributed by atoms with van der Waals surface area (Å²) >= 11 is 0. The van der Waals surface area contributed by atoms with Gasteiger partial charge in [0.2, 0.25) is 0 Å². The van der Waals surface area contributed by atoms with E-state index in [4.69, 9.17) is 18.9 Å². The third-order valence-electron chi connectivity index (χ3n) is 5.24. The van der Waals surface area contributed by atoms with Crippen LogP contribution in [-0.2, 0) is 14.3 Å². The lowest BCUT2D eigenvalue weighted by Gasteiger charge is -2.25. The van der Waals surface area contributed by atoms with Crippen LogP contribution in [0.15, 0.2) is 48.0 Å². The maximum atomic E-state index is 13.0. The fraction of sp³-hybridized carbons (Fsp3) is 0.333. The van der Waals surface area contributed by atoms with Crippen LogP contribution in [0.5, 0.6) is 17.2 Å². The molecular formula is C24H27NO7. The number of benzene rings is 2. The fourth-order valence-corrected chi connectivity index (χ4v) is 3.68. The van der Waals surface area contributed by atoms with Crippen LogP contribution in [0.2, 0.25) is 0 Å². The summed E-state index contributed by atoms with van der Waals surface area (Å²) in [4.78, 5) is 27.3. The van der Waals surface area contributed by atoms with Crippen molar-refractivity contribution in [3.8, 4) is 17.2 Å². The SMILES string of the molecule is CCOc1ccc(C2/C(=C(/O)c3ccc(OC)cc3)C(=O)C(=O)N2CCOC)cc1OC. The molecule has 2 aromatic carbocycles. The van der Waals surface area contributed by atoms with Gasteiger partial charge in [0.15, 0.2) is 11.5 Å². The van der Waals surface area contributed by atoms with Crippen molar-refractivity contribution in [1.82, 2.24) is 4.90 Å². The molecule has 1 amide bonds. The predicted octanol–water partition coefficient (Wildman–Crippen LogP) is 3.17. The number of amides is 1. The van der Waals surface area contributed by atoms with E-state index >= 15 is 0 Å². The second kappa shape index (κ2) is 10.2. The lowest BCUT2D eigenvalue weighted by atomic mass is 9.95. The quantitative estimate of drug-likeness (QED) is 0.363. The number of hydrogen-bond donors (Lipinski definition) is 1. The molecule has 0 aromatic heterocycles. The Labute approximate surface area is 187 Å². The summed E-state index contributed by atoms with van der Waals surface area (Å²) in [5.41, 5.74) is 1.01. The molecule has 0 spiro atoms. The van der Waals surface area contributed by atoms with Gasteiger partial charge in [0.25, 0.3) is 11.7 Å². The second-order valence-corrected chi connectivity index (χ2v) is 7.06. The van der Waals surface area contributed by atoms with E-state index in [9.17, 15) is 14.7 Å². The normalized spacial score (nSPS) is 17.5. The van der Waals surface area contributed by atoms with Crippen LogP contribution < -0.4 is 14.2 Å². The first kappa shape index (κ1) is 23.1. The summed E-state index contributed by atoms with van der Waals surface area (Å²) in [6.07, 6.45) is 0. The highest BCUT2D eigenvalue weighted by Crippen LogP contribution is 2.42. The van der Waals surface area contributed by atoms with Crippen LogP contribution in [-0.4, -0.2) is 62.8 Å². The van der Waals surface area contributed by atoms with Gasteiger partial charge in [-0.1, -0.05) is 6.07 Å². The highest BCUT2D eigenvalue weighted by atomic mass is 16.5. The summed E-state index contributed by atoms with van der Waals surface area (Å²) in [5.74, 6) is -0.102. The molecule has 8 nitrogen and oxygen atoms in total. The first-order valence-corrected chi connectivity index (χ1v) is 10.2. The maximum absolute atomic E-state index is 13.0. The van der Waals surface area contributed by atoms with Crippen molar-refractivity contribution in [2.75, 3.05) is 41.1 Å². The number of ketones is 1. The van der Waals surface area contributed by atoms with Gasteiger partial charge < -0.3 is 29.0 Å². The molecule has 3 rings (SSSR count). The number of Topliss-reactive ketones (excluding diaryl/α,β-unsaturated/α-hetero) is 1. The van der Waals surface area contributed by atoms with E-state index in [0.717, 1.165) is 0 Å². The number of carbonyl (C=O) groups is 2. The summed E-state index contributed by atoms with van der Waals surface area (Å²) in [5, 5.41) is 11.1. The third-order valence-corrected chi connectivity index (χ3v) is 5.24. The van der Waals surface area contributed by atoms with Crippen molar-refractivity contribution in [3.05, 3.63) is 59.2 Å². The minimum atomic E-state index is -0.808. The van der Waals surface area contributed by atoms with E-state index in [1.165, 1.54) is 26.2 Å². The van der Waals surface area contributed by atoms with E-state index in [0.29, 0.717) is 35.0 Å². The second-order valence-electron chi connectivity index (χ2n) is 7.06. The van der Waals surface area contributed by atoms with Gasteiger partial charge in [-0.15, -0.1) is 0 Å². The molecule has 1 unspecified atom stereocenters. The Morgan fingerprint density at radius 3 is 2.31 bits per heavy atom. The molecule has 0 saturated carbocycles. The van der Waals surface area contributed by atoms with Crippen LogP contribution in [0.25, 0.3) is 5.76 Å². The number of rotatable bonds is 9.